The van der Waals surface area contributed by atoms with Crippen LogP contribution in [0.15, 0.2) is 48.5 Å². The standard InChI is InChI=1S/C19H23NO3/c1-3-16-8-4-5-10-18(16)23-14-19(21)20-12-11-15-7-6-9-17(13-15)22-2/h4-10,13H,3,11-12,14H2,1-2H3,(H,20,21). The highest BCUT2D eigenvalue weighted by molar-refractivity contribution is 5.77. The molecule has 23 heavy (non-hydrogen) atoms. The summed E-state index contributed by atoms with van der Waals surface area (Å²) in [6.07, 6.45) is 1.64. The van der Waals surface area contributed by atoms with Gasteiger partial charge in [-0.1, -0.05) is 37.3 Å². The van der Waals surface area contributed by atoms with Gasteiger partial charge in [0, 0.05) is 6.54 Å². The van der Waals surface area contributed by atoms with Crippen LogP contribution in [-0.4, -0.2) is 26.2 Å². The summed E-state index contributed by atoms with van der Waals surface area (Å²) in [4.78, 5) is 11.9. The molecule has 0 aliphatic carbocycles. The fourth-order valence-corrected chi connectivity index (χ4v) is 2.31. The number of methoxy groups -OCH3 is 1. The van der Waals surface area contributed by atoms with Crippen molar-refractivity contribution in [1.29, 1.82) is 0 Å². The quantitative estimate of drug-likeness (QED) is 0.815. The van der Waals surface area contributed by atoms with Gasteiger partial charge >= 0.3 is 0 Å². The number of aryl methyl sites for hydroxylation is 1. The number of nitrogens with one attached hydrogen (secondary N) is 1. The second-order valence-corrected chi connectivity index (χ2v) is 5.20. The first-order valence-corrected chi connectivity index (χ1v) is 7.83. The number of para-hydroxylation sites is 1. The lowest BCUT2D eigenvalue weighted by molar-refractivity contribution is -0.123. The molecule has 0 radical (unpaired) electrons. The van der Waals surface area contributed by atoms with Gasteiger partial charge in [0.05, 0.1) is 7.11 Å². The van der Waals surface area contributed by atoms with E-state index < -0.39 is 0 Å². The molecule has 0 aromatic heterocycles. The zero-order valence-electron chi connectivity index (χ0n) is 13.7. The molecule has 0 atom stereocenters. The maximum absolute atomic E-state index is 11.9. The van der Waals surface area contributed by atoms with Gasteiger partial charge < -0.3 is 14.8 Å². The highest BCUT2D eigenvalue weighted by Gasteiger charge is 2.05. The summed E-state index contributed by atoms with van der Waals surface area (Å²) in [5.41, 5.74) is 2.23. The zero-order valence-corrected chi connectivity index (χ0v) is 13.7. The van der Waals surface area contributed by atoms with Crippen LogP contribution in [0.4, 0.5) is 0 Å². The van der Waals surface area contributed by atoms with Gasteiger partial charge in [0.15, 0.2) is 6.61 Å². The van der Waals surface area contributed by atoms with Gasteiger partial charge in [0.1, 0.15) is 11.5 Å². The topological polar surface area (TPSA) is 47.6 Å². The van der Waals surface area contributed by atoms with E-state index in [0.717, 1.165) is 35.5 Å². The molecule has 0 saturated heterocycles. The summed E-state index contributed by atoms with van der Waals surface area (Å²) in [7, 11) is 1.65. The number of carbonyl (C=O) groups is 1. The highest BCUT2D eigenvalue weighted by atomic mass is 16.5. The van der Waals surface area contributed by atoms with Crippen LogP contribution < -0.4 is 14.8 Å². The predicted molar refractivity (Wildman–Crippen MR) is 91.0 cm³/mol. The number of ether oxygens (including phenoxy) is 2. The van der Waals surface area contributed by atoms with Crippen molar-refractivity contribution >= 4 is 5.91 Å². The molecule has 0 fully saturated rings. The molecular formula is C19H23NO3. The van der Waals surface area contributed by atoms with E-state index >= 15 is 0 Å². The zero-order chi connectivity index (χ0) is 16.5. The van der Waals surface area contributed by atoms with E-state index in [9.17, 15) is 4.79 Å². The van der Waals surface area contributed by atoms with E-state index in [-0.39, 0.29) is 12.5 Å². The average Bonchev–Trinajstić information content (AvgIpc) is 2.60. The molecule has 0 saturated carbocycles. The predicted octanol–water partition coefficient (Wildman–Crippen LogP) is 3.00. The Morgan fingerprint density at radius 1 is 1.13 bits per heavy atom. The Bertz CT molecular complexity index is 640. The molecule has 2 aromatic rings. The number of hydrogen-bond acceptors (Lipinski definition) is 3. The van der Waals surface area contributed by atoms with E-state index in [1.54, 1.807) is 7.11 Å². The van der Waals surface area contributed by atoms with Crippen molar-refractivity contribution in [2.75, 3.05) is 20.3 Å². The van der Waals surface area contributed by atoms with Crippen molar-refractivity contribution in [3.8, 4) is 11.5 Å². The minimum Gasteiger partial charge on any atom is -0.497 e. The van der Waals surface area contributed by atoms with Crippen molar-refractivity contribution in [1.82, 2.24) is 5.32 Å². The Kier molecular flexibility index (Phi) is 6.48. The maximum atomic E-state index is 11.9. The Morgan fingerprint density at radius 2 is 1.96 bits per heavy atom. The van der Waals surface area contributed by atoms with E-state index in [4.69, 9.17) is 9.47 Å². The third kappa shape index (κ3) is 5.33. The number of rotatable bonds is 8. The molecular weight excluding hydrogens is 290 g/mol. The summed E-state index contributed by atoms with van der Waals surface area (Å²) >= 11 is 0. The lowest BCUT2D eigenvalue weighted by atomic mass is 10.1. The lowest BCUT2D eigenvalue weighted by Crippen LogP contribution is -2.30. The first-order valence-electron chi connectivity index (χ1n) is 7.83. The average molecular weight is 313 g/mol. The van der Waals surface area contributed by atoms with E-state index in [2.05, 4.69) is 12.2 Å². The number of benzene rings is 2. The number of hydrogen-bond donors (Lipinski definition) is 1. The summed E-state index contributed by atoms with van der Waals surface area (Å²) in [5.74, 6) is 1.49. The van der Waals surface area contributed by atoms with Crippen LogP contribution in [0.1, 0.15) is 18.1 Å². The van der Waals surface area contributed by atoms with Gasteiger partial charge in [-0.05, 0) is 42.2 Å². The van der Waals surface area contributed by atoms with Crippen LogP contribution in [-0.2, 0) is 17.6 Å². The van der Waals surface area contributed by atoms with Gasteiger partial charge in [-0.15, -0.1) is 0 Å². The molecule has 0 unspecified atom stereocenters. The molecule has 0 spiro atoms. The normalized spacial score (nSPS) is 10.2. The van der Waals surface area contributed by atoms with Crippen LogP contribution in [0.25, 0.3) is 0 Å². The maximum Gasteiger partial charge on any atom is 0.257 e. The Hall–Kier alpha value is -2.49. The minimum atomic E-state index is -0.112. The van der Waals surface area contributed by atoms with Crippen molar-refractivity contribution in [3.05, 3.63) is 59.7 Å². The highest BCUT2D eigenvalue weighted by Crippen LogP contribution is 2.18. The third-order valence-electron chi connectivity index (χ3n) is 3.58. The van der Waals surface area contributed by atoms with Gasteiger partial charge in [-0.2, -0.15) is 0 Å². The fourth-order valence-electron chi connectivity index (χ4n) is 2.31. The van der Waals surface area contributed by atoms with E-state index in [1.165, 1.54) is 0 Å². The minimum absolute atomic E-state index is 0.0368. The number of carbonyl (C=O) groups excluding carboxylic acids is 1. The molecule has 0 aliphatic rings. The molecule has 122 valence electrons. The molecule has 4 nitrogen and oxygen atoms in total. The number of amides is 1. The van der Waals surface area contributed by atoms with Gasteiger partial charge in [0.2, 0.25) is 0 Å². The lowest BCUT2D eigenvalue weighted by Gasteiger charge is -2.10. The van der Waals surface area contributed by atoms with E-state index in [0.29, 0.717) is 6.54 Å². The molecule has 0 aliphatic heterocycles. The third-order valence-corrected chi connectivity index (χ3v) is 3.58. The SMILES string of the molecule is CCc1ccccc1OCC(=O)NCCc1cccc(OC)c1. The van der Waals surface area contributed by atoms with Crippen LogP contribution in [0.2, 0.25) is 0 Å². The molecule has 4 heteroatoms. The largest absolute Gasteiger partial charge is 0.497 e. The van der Waals surface area contributed by atoms with Crippen LogP contribution in [0, 0.1) is 0 Å². The van der Waals surface area contributed by atoms with Crippen molar-refractivity contribution in [2.24, 2.45) is 0 Å². The summed E-state index contributed by atoms with van der Waals surface area (Å²) in [6, 6.07) is 15.6. The van der Waals surface area contributed by atoms with E-state index in [1.807, 2.05) is 48.5 Å². The smallest absolute Gasteiger partial charge is 0.257 e. The second-order valence-electron chi connectivity index (χ2n) is 5.20. The Labute approximate surface area is 137 Å². The monoisotopic (exact) mass is 313 g/mol. The Morgan fingerprint density at radius 3 is 2.74 bits per heavy atom. The first kappa shape index (κ1) is 16.9. The summed E-state index contributed by atoms with van der Waals surface area (Å²) < 4.78 is 10.8. The van der Waals surface area contributed by atoms with Gasteiger partial charge in [0.25, 0.3) is 5.91 Å². The molecule has 1 amide bonds. The van der Waals surface area contributed by atoms with Crippen LogP contribution in [0.5, 0.6) is 11.5 Å². The van der Waals surface area contributed by atoms with Crippen molar-refractivity contribution < 1.29 is 14.3 Å². The molecule has 0 heterocycles. The molecule has 2 rings (SSSR count). The molecule has 2 aromatic carbocycles. The van der Waals surface area contributed by atoms with Crippen molar-refractivity contribution in [2.45, 2.75) is 19.8 Å². The molecule has 1 N–H and O–H groups in total. The summed E-state index contributed by atoms with van der Waals surface area (Å²) in [6.45, 7) is 2.68. The van der Waals surface area contributed by atoms with Crippen LogP contribution in [0.3, 0.4) is 0 Å². The molecule has 0 bridgehead atoms. The summed E-state index contributed by atoms with van der Waals surface area (Å²) in [5, 5.41) is 2.87. The van der Waals surface area contributed by atoms with Crippen LogP contribution >= 0.6 is 0 Å². The Balaban J connectivity index is 1.74. The second kappa shape index (κ2) is 8.83. The van der Waals surface area contributed by atoms with Gasteiger partial charge in [-0.3, -0.25) is 4.79 Å². The van der Waals surface area contributed by atoms with Gasteiger partial charge in [-0.25, -0.2) is 0 Å². The van der Waals surface area contributed by atoms with Crippen molar-refractivity contribution in [3.63, 3.8) is 0 Å². The first-order chi connectivity index (χ1) is 11.2. The fraction of sp³-hybridized carbons (Fsp3) is 0.316.